The number of amides is 1. The van der Waals surface area contributed by atoms with Gasteiger partial charge in [0.2, 0.25) is 5.91 Å². The molecule has 4 rings (SSSR count). The Morgan fingerprint density at radius 2 is 2.22 bits per heavy atom. The van der Waals surface area contributed by atoms with Gasteiger partial charge in [0.05, 0.1) is 24.2 Å². The first-order chi connectivity index (χ1) is 13.0. The number of carbonyl (C=O) groups excluding carboxylic acids is 1. The van der Waals surface area contributed by atoms with Crippen molar-refractivity contribution in [1.82, 2.24) is 29.5 Å². The number of carbonyl (C=O) groups is 1. The molecule has 0 aliphatic carbocycles. The average molecular weight is 368 g/mol. The summed E-state index contributed by atoms with van der Waals surface area (Å²) in [4.78, 5) is 26.9. The second-order valence-corrected chi connectivity index (χ2v) is 7.96. The lowest BCUT2D eigenvalue weighted by molar-refractivity contribution is -0.136. The third-order valence-corrected chi connectivity index (χ3v) is 5.63. The van der Waals surface area contributed by atoms with Crippen LogP contribution in [-0.4, -0.2) is 55.6 Å². The third-order valence-electron chi connectivity index (χ3n) is 5.63. The van der Waals surface area contributed by atoms with Crippen molar-refractivity contribution in [1.29, 1.82) is 0 Å². The van der Waals surface area contributed by atoms with Crippen molar-refractivity contribution in [3.05, 3.63) is 41.2 Å². The van der Waals surface area contributed by atoms with Gasteiger partial charge in [0.15, 0.2) is 5.82 Å². The predicted octanol–water partition coefficient (Wildman–Crippen LogP) is 1.97. The smallest absolute Gasteiger partial charge is 0.227 e. The summed E-state index contributed by atoms with van der Waals surface area (Å²) in [7, 11) is 2.12. The molecule has 0 radical (unpaired) electrons. The van der Waals surface area contributed by atoms with Gasteiger partial charge in [-0.1, -0.05) is 6.92 Å². The third kappa shape index (κ3) is 3.74. The predicted molar refractivity (Wildman–Crippen MR) is 102 cm³/mol. The summed E-state index contributed by atoms with van der Waals surface area (Å²) in [5.74, 6) is 0.870. The van der Waals surface area contributed by atoms with Crippen molar-refractivity contribution < 1.29 is 4.79 Å². The van der Waals surface area contributed by atoms with E-state index in [-0.39, 0.29) is 17.9 Å². The molecule has 2 aromatic rings. The second-order valence-electron chi connectivity index (χ2n) is 7.96. The summed E-state index contributed by atoms with van der Waals surface area (Å²) in [5, 5.41) is 4.41. The van der Waals surface area contributed by atoms with Crippen LogP contribution in [0, 0.1) is 12.8 Å². The molecule has 2 atom stereocenters. The Morgan fingerprint density at radius 1 is 1.37 bits per heavy atom. The maximum absolute atomic E-state index is 13.1. The van der Waals surface area contributed by atoms with E-state index in [0.29, 0.717) is 6.54 Å². The van der Waals surface area contributed by atoms with Crippen LogP contribution < -0.4 is 0 Å². The van der Waals surface area contributed by atoms with Gasteiger partial charge in [0.25, 0.3) is 0 Å². The summed E-state index contributed by atoms with van der Waals surface area (Å²) >= 11 is 0. The van der Waals surface area contributed by atoms with Gasteiger partial charge in [0, 0.05) is 49.7 Å². The molecule has 0 N–H and O–H groups in total. The van der Waals surface area contributed by atoms with Gasteiger partial charge in [-0.3, -0.25) is 9.48 Å². The Morgan fingerprint density at radius 3 is 3.00 bits per heavy atom. The average Bonchev–Trinajstić information content (AvgIpc) is 3.29. The maximum Gasteiger partial charge on any atom is 0.227 e. The minimum Gasteiger partial charge on any atom is -0.332 e. The number of nitrogens with zero attached hydrogens (tertiary/aromatic N) is 6. The molecular formula is C20H28N6O. The number of hydrogen-bond acceptors (Lipinski definition) is 5. The van der Waals surface area contributed by atoms with E-state index in [0.717, 1.165) is 56.1 Å². The van der Waals surface area contributed by atoms with Gasteiger partial charge in [-0.15, -0.1) is 0 Å². The number of hydrogen-bond donors (Lipinski definition) is 0. The van der Waals surface area contributed by atoms with E-state index in [1.165, 1.54) is 5.56 Å². The van der Waals surface area contributed by atoms with Crippen molar-refractivity contribution >= 4 is 5.91 Å². The molecule has 0 saturated carbocycles. The van der Waals surface area contributed by atoms with Crippen molar-refractivity contribution in [2.45, 2.75) is 52.2 Å². The monoisotopic (exact) mass is 368 g/mol. The van der Waals surface area contributed by atoms with E-state index in [2.05, 4.69) is 22.0 Å². The van der Waals surface area contributed by atoms with Crippen LogP contribution in [0.5, 0.6) is 0 Å². The highest BCUT2D eigenvalue weighted by Crippen LogP contribution is 2.32. The Hall–Kier alpha value is -2.28. The number of aromatic nitrogens is 4. The fourth-order valence-corrected chi connectivity index (χ4v) is 4.14. The largest absolute Gasteiger partial charge is 0.332 e. The van der Waals surface area contributed by atoms with Crippen LogP contribution in [0.25, 0.3) is 0 Å². The zero-order valence-electron chi connectivity index (χ0n) is 16.4. The molecule has 2 aliphatic heterocycles. The minimum absolute atomic E-state index is 0.00395. The van der Waals surface area contributed by atoms with Crippen molar-refractivity contribution in [2.75, 3.05) is 20.1 Å². The molecule has 7 heteroatoms. The van der Waals surface area contributed by atoms with Crippen LogP contribution in [0.4, 0.5) is 0 Å². The van der Waals surface area contributed by atoms with E-state index < -0.39 is 0 Å². The molecule has 0 aromatic carbocycles. The quantitative estimate of drug-likeness (QED) is 0.825. The number of likely N-dealkylation sites (N-methyl/N-ethyl adjacent to an activating group) is 1. The molecule has 27 heavy (non-hydrogen) atoms. The topological polar surface area (TPSA) is 67.2 Å². The fourth-order valence-electron chi connectivity index (χ4n) is 4.14. The first-order valence-corrected chi connectivity index (χ1v) is 9.85. The molecule has 2 aliphatic rings. The second kappa shape index (κ2) is 7.38. The van der Waals surface area contributed by atoms with Gasteiger partial charge in [0.1, 0.15) is 0 Å². The number of aryl methyl sites for hydroxylation is 1. The van der Waals surface area contributed by atoms with Crippen LogP contribution in [0.1, 0.15) is 48.6 Å². The zero-order valence-corrected chi connectivity index (χ0v) is 16.4. The van der Waals surface area contributed by atoms with E-state index in [1.807, 2.05) is 41.9 Å². The fraction of sp³-hybridized carbons (Fsp3) is 0.600. The Balaban J connectivity index is 1.49. The Kier molecular flexibility index (Phi) is 4.95. The molecule has 1 fully saturated rings. The number of likely N-dealkylation sites (tertiary alicyclic amines) is 1. The molecule has 2 aromatic heterocycles. The lowest BCUT2D eigenvalue weighted by atomic mass is 10.1. The molecule has 1 saturated heterocycles. The number of fused-ring (bicyclic) bond motifs is 1. The SMILES string of the molecule is Cc1ccn(C[C@H](C)C(=O)N2CCC[C@H]2c2ncc3c(n2)CCN(C)C3)n1. The van der Waals surface area contributed by atoms with E-state index in [1.54, 1.807) is 0 Å². The van der Waals surface area contributed by atoms with Crippen molar-refractivity contribution in [3.63, 3.8) is 0 Å². The first-order valence-electron chi connectivity index (χ1n) is 9.85. The molecule has 144 valence electrons. The van der Waals surface area contributed by atoms with Crippen molar-refractivity contribution in [2.24, 2.45) is 5.92 Å². The van der Waals surface area contributed by atoms with Crippen LogP contribution in [0.3, 0.4) is 0 Å². The maximum atomic E-state index is 13.1. The molecule has 1 amide bonds. The van der Waals surface area contributed by atoms with E-state index in [9.17, 15) is 4.79 Å². The number of rotatable bonds is 4. The Bertz CT molecular complexity index is 832. The molecule has 0 unspecified atom stereocenters. The molecule has 0 spiro atoms. The highest BCUT2D eigenvalue weighted by molar-refractivity contribution is 5.79. The standard InChI is InChI=1S/C20H28N6O/c1-14(12-25-10-6-15(2)23-25)20(27)26-8-4-5-18(26)19-21-11-16-13-24(3)9-7-17(16)22-19/h6,10-11,14,18H,4-5,7-9,12-13H2,1-3H3/t14-,18-/m0/s1. The molecular weight excluding hydrogens is 340 g/mol. The molecule has 4 heterocycles. The summed E-state index contributed by atoms with van der Waals surface area (Å²) < 4.78 is 1.86. The van der Waals surface area contributed by atoms with E-state index in [4.69, 9.17) is 4.98 Å². The summed E-state index contributed by atoms with van der Waals surface area (Å²) in [5.41, 5.74) is 3.34. The van der Waals surface area contributed by atoms with Gasteiger partial charge in [-0.05, 0) is 32.9 Å². The lowest BCUT2D eigenvalue weighted by Gasteiger charge is -2.28. The summed E-state index contributed by atoms with van der Waals surface area (Å²) in [6.07, 6.45) is 6.80. The van der Waals surface area contributed by atoms with Gasteiger partial charge in [-0.2, -0.15) is 5.10 Å². The van der Waals surface area contributed by atoms with E-state index >= 15 is 0 Å². The van der Waals surface area contributed by atoms with Crippen LogP contribution in [0.15, 0.2) is 18.5 Å². The first kappa shape index (κ1) is 18.1. The molecule has 0 bridgehead atoms. The minimum atomic E-state index is -0.115. The van der Waals surface area contributed by atoms with Crippen LogP contribution in [0.2, 0.25) is 0 Å². The van der Waals surface area contributed by atoms with Gasteiger partial charge in [-0.25, -0.2) is 9.97 Å². The Labute approximate surface area is 160 Å². The van der Waals surface area contributed by atoms with Crippen LogP contribution >= 0.6 is 0 Å². The zero-order chi connectivity index (χ0) is 19.0. The van der Waals surface area contributed by atoms with Crippen molar-refractivity contribution in [3.8, 4) is 0 Å². The summed E-state index contributed by atoms with van der Waals surface area (Å²) in [6.45, 7) is 7.27. The molecule has 7 nitrogen and oxygen atoms in total. The highest BCUT2D eigenvalue weighted by atomic mass is 16.2. The highest BCUT2D eigenvalue weighted by Gasteiger charge is 2.34. The van der Waals surface area contributed by atoms with Crippen LogP contribution in [-0.2, 0) is 24.3 Å². The summed E-state index contributed by atoms with van der Waals surface area (Å²) in [6, 6.07) is 1.97. The lowest BCUT2D eigenvalue weighted by Crippen LogP contribution is -2.37. The van der Waals surface area contributed by atoms with Gasteiger partial charge < -0.3 is 9.80 Å². The normalized spacial score (nSPS) is 21.3. The van der Waals surface area contributed by atoms with Gasteiger partial charge >= 0.3 is 0 Å².